The van der Waals surface area contributed by atoms with Crippen molar-refractivity contribution in [3.05, 3.63) is 29.8 Å². The van der Waals surface area contributed by atoms with Gasteiger partial charge in [0, 0.05) is 37.4 Å². The Morgan fingerprint density at radius 1 is 1.10 bits per heavy atom. The Bertz CT molecular complexity index is 722. The highest BCUT2D eigenvalue weighted by molar-refractivity contribution is 8.00. The van der Waals surface area contributed by atoms with Crippen molar-refractivity contribution in [3.63, 3.8) is 0 Å². The molecule has 3 fully saturated rings. The monoisotopic (exact) mass is 416 g/mol. The first kappa shape index (κ1) is 20.6. The van der Waals surface area contributed by atoms with E-state index in [4.69, 9.17) is 4.74 Å². The van der Waals surface area contributed by atoms with Gasteiger partial charge in [0.05, 0.1) is 12.0 Å². The average Bonchev–Trinajstić information content (AvgIpc) is 3.42. The minimum absolute atomic E-state index is 0.0960. The van der Waals surface area contributed by atoms with Crippen molar-refractivity contribution in [1.82, 2.24) is 9.80 Å². The third-order valence-electron chi connectivity index (χ3n) is 6.90. The predicted octanol–water partition coefficient (Wildman–Crippen LogP) is 4.17. The molecule has 29 heavy (non-hydrogen) atoms. The molecule has 6 heteroatoms. The Balaban J connectivity index is 1.34. The number of hydrogen-bond acceptors (Lipinski definition) is 4. The van der Waals surface area contributed by atoms with E-state index in [0.717, 1.165) is 56.3 Å². The van der Waals surface area contributed by atoms with Gasteiger partial charge < -0.3 is 14.5 Å². The van der Waals surface area contributed by atoms with E-state index in [1.165, 1.54) is 25.7 Å². The number of methoxy groups -OCH3 is 1. The first-order chi connectivity index (χ1) is 14.1. The highest BCUT2D eigenvalue weighted by Crippen LogP contribution is 2.44. The van der Waals surface area contributed by atoms with Crippen molar-refractivity contribution in [2.75, 3.05) is 32.5 Å². The van der Waals surface area contributed by atoms with Gasteiger partial charge in [-0.2, -0.15) is 0 Å². The summed E-state index contributed by atoms with van der Waals surface area (Å²) >= 11 is 1.89. The van der Waals surface area contributed by atoms with Crippen molar-refractivity contribution < 1.29 is 14.3 Å². The quantitative estimate of drug-likeness (QED) is 0.723. The fraction of sp³-hybridized carbons (Fsp3) is 0.652. The summed E-state index contributed by atoms with van der Waals surface area (Å²) in [5.74, 6) is 2.90. The molecule has 5 nitrogen and oxygen atoms in total. The lowest BCUT2D eigenvalue weighted by Crippen LogP contribution is -2.53. The maximum atomic E-state index is 13.2. The Kier molecular flexibility index (Phi) is 6.38. The summed E-state index contributed by atoms with van der Waals surface area (Å²) in [7, 11) is 1.63. The maximum absolute atomic E-state index is 13.2. The van der Waals surface area contributed by atoms with Crippen molar-refractivity contribution >= 4 is 23.6 Å². The molecule has 1 aromatic rings. The molecule has 1 aromatic carbocycles. The van der Waals surface area contributed by atoms with Gasteiger partial charge in [0.2, 0.25) is 5.91 Å². The first-order valence-electron chi connectivity index (χ1n) is 11.0. The number of carbonyl (C=O) groups is 2. The standard InChI is InChI=1S/C23H32N2O3S/c1-28-20-9-7-19(8-10-20)22(27)25-16-17-29-23(25)12-14-24(15-13-23)21(26)11-6-18-4-2-3-5-18/h7-10,18H,2-6,11-17H2,1H3. The topological polar surface area (TPSA) is 49.9 Å². The van der Waals surface area contributed by atoms with Gasteiger partial charge in [0.25, 0.3) is 5.91 Å². The molecule has 0 N–H and O–H groups in total. The molecular formula is C23H32N2O3S. The van der Waals surface area contributed by atoms with E-state index in [-0.39, 0.29) is 10.8 Å². The molecule has 0 radical (unpaired) electrons. The number of carbonyl (C=O) groups excluding carboxylic acids is 2. The van der Waals surface area contributed by atoms with Gasteiger partial charge >= 0.3 is 0 Å². The van der Waals surface area contributed by atoms with Gasteiger partial charge in [-0.3, -0.25) is 9.59 Å². The molecule has 3 aliphatic rings. The molecule has 2 saturated heterocycles. The van der Waals surface area contributed by atoms with Gasteiger partial charge in [-0.25, -0.2) is 0 Å². The van der Waals surface area contributed by atoms with Crippen molar-refractivity contribution in [1.29, 1.82) is 0 Å². The molecule has 158 valence electrons. The zero-order valence-corrected chi connectivity index (χ0v) is 18.2. The van der Waals surface area contributed by atoms with Gasteiger partial charge in [0.15, 0.2) is 0 Å². The zero-order valence-electron chi connectivity index (χ0n) is 17.4. The summed E-state index contributed by atoms with van der Waals surface area (Å²) in [5, 5.41) is 0. The second-order valence-corrected chi connectivity index (χ2v) is 10.0. The van der Waals surface area contributed by atoms with E-state index < -0.39 is 0 Å². The average molecular weight is 417 g/mol. The van der Waals surface area contributed by atoms with Crippen molar-refractivity contribution in [2.45, 2.75) is 56.2 Å². The number of hydrogen-bond donors (Lipinski definition) is 0. The van der Waals surface area contributed by atoms with Crippen LogP contribution in [0.3, 0.4) is 0 Å². The molecule has 2 aliphatic heterocycles. The van der Waals surface area contributed by atoms with E-state index in [0.29, 0.717) is 17.9 Å². The number of benzene rings is 1. The van der Waals surface area contributed by atoms with Crippen LogP contribution < -0.4 is 4.74 Å². The van der Waals surface area contributed by atoms with Gasteiger partial charge in [-0.1, -0.05) is 25.7 Å². The van der Waals surface area contributed by atoms with Gasteiger partial charge in [0.1, 0.15) is 5.75 Å². The molecule has 0 bridgehead atoms. The van der Waals surface area contributed by atoms with Crippen LogP contribution >= 0.6 is 11.8 Å². The van der Waals surface area contributed by atoms with E-state index in [9.17, 15) is 9.59 Å². The van der Waals surface area contributed by atoms with Crippen LogP contribution in [0, 0.1) is 5.92 Å². The van der Waals surface area contributed by atoms with Gasteiger partial charge in [-0.05, 0) is 49.4 Å². The van der Waals surface area contributed by atoms with Crippen LogP contribution in [0.2, 0.25) is 0 Å². The van der Waals surface area contributed by atoms with E-state index in [2.05, 4.69) is 4.90 Å². The summed E-state index contributed by atoms with van der Waals surface area (Å²) in [6.45, 7) is 2.32. The molecule has 0 aromatic heterocycles. The first-order valence-corrected chi connectivity index (χ1v) is 12.0. The number of nitrogens with zero attached hydrogens (tertiary/aromatic N) is 2. The molecule has 0 atom stereocenters. The normalized spacial score (nSPS) is 21.7. The fourth-order valence-electron chi connectivity index (χ4n) is 5.09. The lowest BCUT2D eigenvalue weighted by Gasteiger charge is -2.44. The lowest BCUT2D eigenvalue weighted by molar-refractivity contribution is -0.133. The van der Waals surface area contributed by atoms with Crippen molar-refractivity contribution in [3.8, 4) is 5.75 Å². The van der Waals surface area contributed by atoms with Crippen molar-refractivity contribution in [2.24, 2.45) is 5.92 Å². The number of likely N-dealkylation sites (tertiary alicyclic amines) is 1. The van der Waals surface area contributed by atoms with E-state index in [1.807, 2.05) is 40.9 Å². The number of rotatable bonds is 5. The second kappa shape index (κ2) is 8.99. The minimum Gasteiger partial charge on any atom is -0.497 e. The largest absolute Gasteiger partial charge is 0.497 e. The number of thioether (sulfide) groups is 1. The molecule has 1 saturated carbocycles. The van der Waals surface area contributed by atoms with Crippen LogP contribution in [0.1, 0.15) is 61.7 Å². The lowest BCUT2D eigenvalue weighted by atomic mass is 9.98. The van der Waals surface area contributed by atoms with Crippen LogP contribution in [0.5, 0.6) is 5.75 Å². The van der Waals surface area contributed by atoms with Crippen LogP contribution in [-0.2, 0) is 4.79 Å². The highest BCUT2D eigenvalue weighted by atomic mass is 32.2. The number of amides is 2. The minimum atomic E-state index is -0.154. The smallest absolute Gasteiger partial charge is 0.255 e. The van der Waals surface area contributed by atoms with Gasteiger partial charge in [-0.15, -0.1) is 11.8 Å². The molecular weight excluding hydrogens is 384 g/mol. The fourth-order valence-corrected chi connectivity index (χ4v) is 6.54. The molecule has 1 spiro atoms. The molecule has 0 unspecified atom stereocenters. The Morgan fingerprint density at radius 3 is 2.45 bits per heavy atom. The highest BCUT2D eigenvalue weighted by Gasteiger charge is 2.47. The van der Waals surface area contributed by atoms with Crippen LogP contribution in [-0.4, -0.2) is 59.0 Å². The Morgan fingerprint density at radius 2 is 1.79 bits per heavy atom. The Labute approximate surface area is 178 Å². The number of piperidine rings is 1. The van der Waals surface area contributed by atoms with E-state index in [1.54, 1.807) is 7.11 Å². The number of ether oxygens (including phenoxy) is 1. The Hall–Kier alpha value is -1.69. The SMILES string of the molecule is COc1ccc(C(=O)N2CCSC23CCN(C(=O)CCC2CCCC2)CC3)cc1. The third-order valence-corrected chi connectivity index (χ3v) is 8.45. The summed E-state index contributed by atoms with van der Waals surface area (Å²) in [6.07, 6.45) is 8.76. The molecule has 2 amide bonds. The summed E-state index contributed by atoms with van der Waals surface area (Å²) in [4.78, 5) is 29.8. The van der Waals surface area contributed by atoms with Crippen LogP contribution in [0.15, 0.2) is 24.3 Å². The predicted molar refractivity (Wildman–Crippen MR) is 116 cm³/mol. The maximum Gasteiger partial charge on any atom is 0.255 e. The van der Waals surface area contributed by atoms with E-state index >= 15 is 0 Å². The molecule has 2 heterocycles. The summed E-state index contributed by atoms with van der Waals surface area (Å²) in [6, 6.07) is 7.38. The second-order valence-electron chi connectivity index (χ2n) is 8.55. The summed E-state index contributed by atoms with van der Waals surface area (Å²) < 4.78 is 5.20. The van der Waals surface area contributed by atoms with Crippen LogP contribution in [0.25, 0.3) is 0 Å². The molecule has 1 aliphatic carbocycles. The summed E-state index contributed by atoms with van der Waals surface area (Å²) in [5.41, 5.74) is 0.711. The molecule has 4 rings (SSSR count). The zero-order chi connectivity index (χ0) is 20.3. The third kappa shape index (κ3) is 4.42. The van der Waals surface area contributed by atoms with Crippen LogP contribution in [0.4, 0.5) is 0 Å².